The molecule has 1 aliphatic heterocycles. The number of sulfone groups is 1. The van der Waals surface area contributed by atoms with E-state index in [1.165, 1.54) is 17.6 Å². The minimum Gasteiger partial charge on any atom is -0.383 e. The number of methoxy groups -OCH3 is 1. The summed E-state index contributed by atoms with van der Waals surface area (Å²) in [5.74, 6) is 1.37. The lowest BCUT2D eigenvalue weighted by Crippen LogP contribution is -2.32. The summed E-state index contributed by atoms with van der Waals surface area (Å²) in [4.78, 5) is 22.2. The van der Waals surface area contributed by atoms with Crippen molar-refractivity contribution in [2.45, 2.75) is 31.2 Å². The first-order valence-corrected chi connectivity index (χ1v) is 12.9. The highest BCUT2D eigenvalue weighted by Crippen LogP contribution is 2.33. The number of aryl methyl sites for hydroxylation is 1. The van der Waals surface area contributed by atoms with Gasteiger partial charge in [0.15, 0.2) is 20.8 Å². The van der Waals surface area contributed by atoms with Gasteiger partial charge in [0.25, 0.3) is 0 Å². The van der Waals surface area contributed by atoms with Crippen molar-refractivity contribution in [1.29, 1.82) is 0 Å². The van der Waals surface area contributed by atoms with Crippen molar-refractivity contribution in [2.75, 3.05) is 35.9 Å². The molecule has 1 aliphatic rings. The van der Waals surface area contributed by atoms with Crippen LogP contribution in [0.5, 0.6) is 0 Å². The van der Waals surface area contributed by atoms with Crippen LogP contribution in [0, 0.1) is 0 Å². The number of pyridine rings is 1. The number of rotatable bonds is 7. The van der Waals surface area contributed by atoms with E-state index in [2.05, 4.69) is 36.1 Å². The third kappa shape index (κ3) is 5.29. The van der Waals surface area contributed by atoms with Crippen LogP contribution in [0.3, 0.4) is 0 Å². The van der Waals surface area contributed by atoms with Crippen LogP contribution in [0.4, 0.5) is 21.6 Å². The molecule has 0 bridgehead atoms. The molecule has 0 aliphatic carbocycles. The predicted molar refractivity (Wildman–Crippen MR) is 125 cm³/mol. The number of hydrogen-bond donors (Lipinski definition) is 3. The first-order chi connectivity index (χ1) is 15.7. The van der Waals surface area contributed by atoms with Crippen LogP contribution in [0.1, 0.15) is 24.3 Å². The highest BCUT2D eigenvalue weighted by Gasteiger charge is 2.28. The summed E-state index contributed by atoms with van der Waals surface area (Å²) >= 11 is 1.30. The van der Waals surface area contributed by atoms with E-state index in [-0.39, 0.29) is 6.04 Å². The van der Waals surface area contributed by atoms with Crippen molar-refractivity contribution in [3.8, 4) is 11.5 Å². The molecular weight excluding hydrogens is 468 g/mol. The number of nitrogens with zero attached hydrogens (tertiary/aromatic N) is 5. The number of carbonyl (C=O) groups excluding carboxylic acids is 1. The van der Waals surface area contributed by atoms with Crippen LogP contribution in [-0.2, 0) is 21.0 Å². The number of aromatic nitrogens is 5. The lowest BCUT2D eigenvalue weighted by atomic mass is 10.2. The van der Waals surface area contributed by atoms with E-state index < -0.39 is 21.2 Å². The Morgan fingerprint density at radius 2 is 2.18 bits per heavy atom. The van der Waals surface area contributed by atoms with Crippen LogP contribution in [0.15, 0.2) is 24.5 Å². The maximum Gasteiger partial charge on any atom is 0.326 e. The molecule has 0 saturated carbocycles. The third-order valence-corrected chi connectivity index (χ3v) is 7.46. The van der Waals surface area contributed by atoms with E-state index in [4.69, 9.17) is 4.74 Å². The Hall–Kier alpha value is -3.10. The SMILES string of the molecule is COCC(C)n1cnnc1-c1cccc(NC(=O)Nc2nc3c(s2)CCC(S(C)(=O)=O)N3)n1. The Labute approximate surface area is 194 Å². The Balaban J connectivity index is 1.44. The second-order valence-corrected chi connectivity index (χ2v) is 11.0. The van der Waals surface area contributed by atoms with Crippen LogP contribution in [0.25, 0.3) is 11.5 Å². The van der Waals surface area contributed by atoms with Crippen molar-refractivity contribution in [1.82, 2.24) is 24.7 Å². The number of fused-ring (bicyclic) bond motifs is 1. The molecule has 14 heteroatoms. The zero-order valence-electron chi connectivity index (χ0n) is 18.3. The number of thiazole rings is 1. The van der Waals surface area contributed by atoms with Crippen LogP contribution in [-0.4, -0.2) is 64.5 Å². The van der Waals surface area contributed by atoms with Gasteiger partial charge in [-0.1, -0.05) is 17.4 Å². The molecule has 0 radical (unpaired) electrons. The van der Waals surface area contributed by atoms with Crippen LogP contribution < -0.4 is 16.0 Å². The van der Waals surface area contributed by atoms with E-state index in [1.54, 1.807) is 31.6 Å². The summed E-state index contributed by atoms with van der Waals surface area (Å²) in [7, 11) is -1.60. The number of urea groups is 1. The molecule has 4 heterocycles. The van der Waals surface area contributed by atoms with Gasteiger partial charge in [0.2, 0.25) is 0 Å². The van der Waals surface area contributed by atoms with E-state index in [9.17, 15) is 13.2 Å². The van der Waals surface area contributed by atoms with Gasteiger partial charge >= 0.3 is 6.03 Å². The average molecular weight is 493 g/mol. The average Bonchev–Trinajstić information content (AvgIpc) is 3.39. The number of ether oxygens (including phenoxy) is 1. The smallest absolute Gasteiger partial charge is 0.326 e. The van der Waals surface area contributed by atoms with Gasteiger partial charge < -0.3 is 14.6 Å². The fourth-order valence-corrected chi connectivity index (χ4v) is 5.25. The first kappa shape index (κ1) is 23.1. The van der Waals surface area contributed by atoms with Gasteiger partial charge in [-0.05, 0) is 31.9 Å². The number of amides is 2. The molecule has 33 heavy (non-hydrogen) atoms. The molecule has 0 spiro atoms. The number of anilines is 3. The van der Waals surface area contributed by atoms with E-state index in [0.29, 0.717) is 47.7 Å². The van der Waals surface area contributed by atoms with Gasteiger partial charge in [0.05, 0.1) is 17.5 Å². The molecule has 12 nitrogen and oxygen atoms in total. The Morgan fingerprint density at radius 3 is 2.94 bits per heavy atom. The zero-order valence-corrected chi connectivity index (χ0v) is 19.9. The highest BCUT2D eigenvalue weighted by atomic mass is 32.2. The molecule has 4 rings (SSSR count). The summed E-state index contributed by atoms with van der Waals surface area (Å²) in [6, 6.07) is 4.69. The Morgan fingerprint density at radius 1 is 1.36 bits per heavy atom. The van der Waals surface area contributed by atoms with Gasteiger partial charge in [-0.25, -0.2) is 23.2 Å². The molecule has 0 aromatic carbocycles. The summed E-state index contributed by atoms with van der Waals surface area (Å²) in [5, 5.41) is 16.1. The van der Waals surface area contributed by atoms with Gasteiger partial charge in [-0.15, -0.1) is 10.2 Å². The molecule has 0 fully saturated rings. The zero-order chi connectivity index (χ0) is 23.6. The van der Waals surface area contributed by atoms with Crippen LogP contribution in [0.2, 0.25) is 0 Å². The molecule has 176 valence electrons. The minimum absolute atomic E-state index is 0.00792. The Kier molecular flexibility index (Phi) is 6.58. The van der Waals surface area contributed by atoms with Crippen molar-refractivity contribution in [3.05, 3.63) is 29.4 Å². The molecule has 3 aromatic heterocycles. The first-order valence-electron chi connectivity index (χ1n) is 10.1. The third-order valence-electron chi connectivity index (χ3n) is 5.04. The van der Waals surface area contributed by atoms with Crippen LogP contribution >= 0.6 is 11.3 Å². The highest BCUT2D eigenvalue weighted by molar-refractivity contribution is 7.91. The quantitative estimate of drug-likeness (QED) is 0.451. The maximum absolute atomic E-state index is 12.5. The van der Waals surface area contributed by atoms with Crippen molar-refractivity contribution in [2.24, 2.45) is 0 Å². The number of carbonyl (C=O) groups is 1. The topological polar surface area (TPSA) is 153 Å². The van der Waals surface area contributed by atoms with Crippen molar-refractivity contribution >= 4 is 44.0 Å². The second kappa shape index (κ2) is 9.41. The van der Waals surface area contributed by atoms with Gasteiger partial charge in [0.1, 0.15) is 29.0 Å². The molecule has 3 aromatic rings. The Bertz CT molecular complexity index is 1260. The monoisotopic (exact) mass is 492 g/mol. The maximum atomic E-state index is 12.5. The molecule has 2 unspecified atom stereocenters. The summed E-state index contributed by atoms with van der Waals surface area (Å²) in [6.07, 6.45) is 3.84. The minimum atomic E-state index is -3.23. The largest absolute Gasteiger partial charge is 0.383 e. The van der Waals surface area contributed by atoms with E-state index >= 15 is 0 Å². The summed E-state index contributed by atoms with van der Waals surface area (Å²) in [6.45, 7) is 2.47. The van der Waals surface area contributed by atoms with Gasteiger partial charge in [-0.3, -0.25) is 10.6 Å². The summed E-state index contributed by atoms with van der Waals surface area (Å²) < 4.78 is 30.7. The van der Waals surface area contributed by atoms with Crippen molar-refractivity contribution < 1.29 is 17.9 Å². The summed E-state index contributed by atoms with van der Waals surface area (Å²) in [5.41, 5.74) is 0.550. The molecule has 2 amide bonds. The van der Waals surface area contributed by atoms with Gasteiger partial charge in [-0.2, -0.15) is 0 Å². The molecule has 3 N–H and O–H groups in total. The van der Waals surface area contributed by atoms with Crippen molar-refractivity contribution in [3.63, 3.8) is 0 Å². The van der Waals surface area contributed by atoms with Gasteiger partial charge in [0, 0.05) is 13.4 Å². The standard InChI is InChI=1S/C19H24N8O4S2/c1-11(9-31-2)27-10-20-26-17(27)12-5-4-6-14(21-12)22-18(28)25-19-24-16-13(32-19)7-8-15(23-16)33(3,29)30/h4-6,10-11,15,23H,7-9H2,1-3H3,(H2,21,22,24,25,28). The van der Waals surface area contributed by atoms with E-state index in [0.717, 1.165) is 4.88 Å². The lowest BCUT2D eigenvalue weighted by molar-refractivity contribution is 0.162. The fourth-order valence-electron chi connectivity index (χ4n) is 3.44. The lowest BCUT2D eigenvalue weighted by Gasteiger charge is -2.21. The van der Waals surface area contributed by atoms with E-state index in [1.807, 2.05) is 11.5 Å². The fraction of sp³-hybridized carbons (Fsp3) is 0.421. The number of nitrogens with one attached hydrogen (secondary N) is 3. The number of hydrogen-bond acceptors (Lipinski definition) is 10. The normalized spacial score (nSPS) is 16.5. The second-order valence-electron chi connectivity index (χ2n) is 7.65. The molecular formula is C19H24N8O4S2. The molecule has 0 saturated heterocycles. The predicted octanol–water partition coefficient (Wildman–Crippen LogP) is 2.38. The molecule has 2 atom stereocenters.